The molecule has 0 saturated carbocycles. The average Bonchev–Trinajstić information content (AvgIpc) is 2.76. The molecular weight excluding hydrogens is 364 g/mol. The van der Waals surface area contributed by atoms with Gasteiger partial charge in [0.25, 0.3) is 11.5 Å². The van der Waals surface area contributed by atoms with Crippen LogP contribution in [0.1, 0.15) is 36.7 Å². The molecule has 4 rings (SSSR count). The van der Waals surface area contributed by atoms with Gasteiger partial charge in [-0.25, -0.2) is 0 Å². The van der Waals surface area contributed by atoms with Crippen molar-refractivity contribution in [1.29, 1.82) is 0 Å². The highest BCUT2D eigenvalue weighted by Gasteiger charge is 2.25. The Morgan fingerprint density at radius 1 is 1.07 bits per heavy atom. The number of aromatic nitrogens is 2. The van der Waals surface area contributed by atoms with E-state index < -0.39 is 0 Å². The zero-order valence-electron chi connectivity index (χ0n) is 16.7. The third kappa shape index (κ3) is 4.07. The third-order valence-electron chi connectivity index (χ3n) is 5.65. The highest BCUT2D eigenvalue weighted by molar-refractivity contribution is 6.05. The molecule has 0 spiro atoms. The second kappa shape index (κ2) is 8.57. The molecule has 0 atom stereocenters. The van der Waals surface area contributed by atoms with Crippen molar-refractivity contribution >= 4 is 16.7 Å². The molecular formula is C23H27N4O2+. The smallest absolute Gasteiger partial charge is 0.279 e. The van der Waals surface area contributed by atoms with Gasteiger partial charge in [0.2, 0.25) is 0 Å². The standard InChI is InChI=1S/C23H26N4O2/c1-2-14-26-15-12-17(13-16-26)24-22(28)21-19-10-6-7-11-20(19)23(29)27(25-21)18-8-4-3-5-9-18/h3-11,17H,2,12-16H2,1H3,(H,24,28)/p+1. The first kappa shape index (κ1) is 19.3. The summed E-state index contributed by atoms with van der Waals surface area (Å²) in [5, 5.41) is 8.72. The Morgan fingerprint density at radius 3 is 2.41 bits per heavy atom. The number of benzene rings is 2. The fraction of sp³-hybridized carbons (Fsp3) is 0.348. The summed E-state index contributed by atoms with van der Waals surface area (Å²) in [6, 6.07) is 16.6. The lowest BCUT2D eigenvalue weighted by Crippen LogP contribution is -3.13. The number of hydrogen-bond acceptors (Lipinski definition) is 3. The predicted octanol–water partition coefficient (Wildman–Crippen LogP) is 1.57. The minimum atomic E-state index is -0.222. The summed E-state index contributed by atoms with van der Waals surface area (Å²) in [5.74, 6) is -0.213. The molecule has 1 aromatic heterocycles. The number of para-hydroxylation sites is 1. The van der Waals surface area contributed by atoms with Crippen LogP contribution in [0.25, 0.3) is 16.5 Å². The highest BCUT2D eigenvalue weighted by Crippen LogP contribution is 2.16. The number of amides is 1. The number of nitrogens with zero attached hydrogens (tertiary/aromatic N) is 2. The van der Waals surface area contributed by atoms with Crippen LogP contribution in [-0.2, 0) is 0 Å². The number of quaternary nitrogens is 1. The van der Waals surface area contributed by atoms with Gasteiger partial charge in [-0.2, -0.15) is 9.78 Å². The fourth-order valence-corrected chi connectivity index (χ4v) is 4.13. The molecule has 1 fully saturated rings. The molecule has 150 valence electrons. The van der Waals surface area contributed by atoms with Crippen molar-refractivity contribution in [2.24, 2.45) is 0 Å². The summed E-state index contributed by atoms with van der Waals surface area (Å²) >= 11 is 0. The third-order valence-corrected chi connectivity index (χ3v) is 5.65. The lowest BCUT2D eigenvalue weighted by Gasteiger charge is -2.29. The van der Waals surface area contributed by atoms with Crippen LogP contribution < -0.4 is 15.8 Å². The summed E-state index contributed by atoms with van der Waals surface area (Å²) in [6.45, 7) is 5.56. The van der Waals surface area contributed by atoms with Crippen molar-refractivity contribution < 1.29 is 9.69 Å². The maximum atomic E-state index is 13.1. The van der Waals surface area contributed by atoms with Crippen molar-refractivity contribution in [3.8, 4) is 5.69 Å². The van der Waals surface area contributed by atoms with Crippen LogP contribution in [0.3, 0.4) is 0 Å². The van der Waals surface area contributed by atoms with Crippen molar-refractivity contribution in [2.75, 3.05) is 19.6 Å². The molecule has 1 aliphatic heterocycles. The second-order valence-corrected chi connectivity index (χ2v) is 7.69. The van der Waals surface area contributed by atoms with Gasteiger partial charge in [-0.1, -0.05) is 43.3 Å². The topological polar surface area (TPSA) is 68.4 Å². The molecule has 2 aromatic carbocycles. The minimum absolute atomic E-state index is 0.153. The molecule has 1 amide bonds. The maximum Gasteiger partial charge on any atom is 0.279 e. The van der Waals surface area contributed by atoms with Gasteiger partial charge in [0.1, 0.15) is 0 Å². The van der Waals surface area contributed by atoms with Gasteiger partial charge in [0.05, 0.1) is 30.7 Å². The fourth-order valence-electron chi connectivity index (χ4n) is 4.13. The van der Waals surface area contributed by atoms with E-state index in [1.807, 2.05) is 42.5 Å². The van der Waals surface area contributed by atoms with Crippen molar-refractivity contribution in [1.82, 2.24) is 15.1 Å². The number of rotatable bonds is 5. The molecule has 29 heavy (non-hydrogen) atoms. The van der Waals surface area contributed by atoms with Crippen LogP contribution in [0.15, 0.2) is 59.4 Å². The van der Waals surface area contributed by atoms with Crippen LogP contribution in [0.4, 0.5) is 0 Å². The van der Waals surface area contributed by atoms with Crippen LogP contribution in [-0.4, -0.2) is 41.4 Å². The van der Waals surface area contributed by atoms with E-state index in [-0.39, 0.29) is 17.5 Å². The van der Waals surface area contributed by atoms with Crippen LogP contribution in [0.2, 0.25) is 0 Å². The van der Waals surface area contributed by atoms with Gasteiger partial charge in [-0.05, 0) is 24.6 Å². The number of carbonyl (C=O) groups excluding carboxylic acids is 1. The normalized spacial score (nSPS) is 19.2. The molecule has 1 saturated heterocycles. The quantitative estimate of drug-likeness (QED) is 0.694. The molecule has 6 heteroatoms. The number of fused-ring (bicyclic) bond motifs is 1. The molecule has 0 bridgehead atoms. The zero-order valence-corrected chi connectivity index (χ0v) is 16.7. The highest BCUT2D eigenvalue weighted by atomic mass is 16.2. The van der Waals surface area contributed by atoms with E-state index in [1.165, 1.54) is 17.6 Å². The van der Waals surface area contributed by atoms with Crippen molar-refractivity contribution in [3.63, 3.8) is 0 Å². The van der Waals surface area contributed by atoms with Crippen molar-refractivity contribution in [3.05, 3.63) is 70.6 Å². The maximum absolute atomic E-state index is 13.1. The Balaban J connectivity index is 1.65. The van der Waals surface area contributed by atoms with Crippen LogP contribution >= 0.6 is 0 Å². The Kier molecular flexibility index (Phi) is 5.71. The van der Waals surface area contributed by atoms with Crippen LogP contribution in [0.5, 0.6) is 0 Å². The van der Waals surface area contributed by atoms with E-state index in [0.717, 1.165) is 25.9 Å². The molecule has 2 N–H and O–H groups in total. The van der Waals surface area contributed by atoms with Gasteiger partial charge in [-0.3, -0.25) is 9.59 Å². The van der Waals surface area contributed by atoms with Crippen LogP contribution in [0, 0.1) is 0 Å². The number of carbonyl (C=O) groups is 1. The van der Waals surface area contributed by atoms with E-state index >= 15 is 0 Å². The van der Waals surface area contributed by atoms with E-state index in [9.17, 15) is 9.59 Å². The molecule has 0 aliphatic carbocycles. The Labute approximate surface area is 170 Å². The monoisotopic (exact) mass is 391 g/mol. The van der Waals surface area contributed by atoms with Gasteiger partial charge in [-0.15, -0.1) is 0 Å². The first-order valence-corrected chi connectivity index (χ1v) is 10.4. The van der Waals surface area contributed by atoms with E-state index in [1.54, 1.807) is 17.0 Å². The summed E-state index contributed by atoms with van der Waals surface area (Å²) in [4.78, 5) is 27.7. The Morgan fingerprint density at radius 2 is 1.72 bits per heavy atom. The summed E-state index contributed by atoms with van der Waals surface area (Å²) in [6.07, 6.45) is 3.12. The lowest BCUT2D eigenvalue weighted by molar-refractivity contribution is -0.905. The first-order valence-electron chi connectivity index (χ1n) is 10.4. The van der Waals surface area contributed by atoms with Crippen molar-refractivity contribution in [2.45, 2.75) is 32.2 Å². The molecule has 0 unspecified atom stereocenters. The number of hydrogen-bond donors (Lipinski definition) is 2. The summed E-state index contributed by atoms with van der Waals surface area (Å²) in [5.41, 5.74) is 0.723. The lowest BCUT2D eigenvalue weighted by atomic mass is 10.0. The summed E-state index contributed by atoms with van der Waals surface area (Å²) < 4.78 is 1.32. The Bertz CT molecular complexity index is 1050. The number of nitrogens with one attached hydrogen (secondary N) is 2. The average molecular weight is 391 g/mol. The minimum Gasteiger partial charge on any atom is -0.347 e. The summed E-state index contributed by atoms with van der Waals surface area (Å²) in [7, 11) is 0. The second-order valence-electron chi connectivity index (χ2n) is 7.69. The molecule has 6 nitrogen and oxygen atoms in total. The van der Waals surface area contributed by atoms with Gasteiger partial charge >= 0.3 is 0 Å². The van der Waals surface area contributed by atoms with Gasteiger partial charge < -0.3 is 10.2 Å². The van der Waals surface area contributed by atoms with Gasteiger partial charge in [0.15, 0.2) is 5.69 Å². The molecule has 3 aromatic rings. The first-order chi connectivity index (χ1) is 14.2. The molecule has 1 aliphatic rings. The number of piperidine rings is 1. The largest absolute Gasteiger partial charge is 0.347 e. The number of likely N-dealkylation sites (tertiary alicyclic amines) is 1. The van der Waals surface area contributed by atoms with E-state index in [0.29, 0.717) is 22.2 Å². The molecule has 0 radical (unpaired) electrons. The SMILES string of the molecule is CCC[NH+]1CCC(NC(=O)c2nn(-c3ccccc3)c(=O)c3ccccc23)CC1. The molecule has 2 heterocycles. The Hall–Kier alpha value is -2.99. The zero-order chi connectivity index (χ0) is 20.2. The van der Waals surface area contributed by atoms with E-state index in [2.05, 4.69) is 17.3 Å². The van der Waals surface area contributed by atoms with E-state index in [4.69, 9.17) is 0 Å². The predicted molar refractivity (Wildman–Crippen MR) is 114 cm³/mol. The van der Waals surface area contributed by atoms with Gasteiger partial charge in [0, 0.05) is 24.3 Å².